The second kappa shape index (κ2) is 9.19. The molecule has 9 heteroatoms. The standard InChI is InChI=1S/C21H18N6O2S/c1-29-17-11-9-15(10-12-17)13-22-23-20(28)14-30-21-24-25-26-27(21)19-8-4-6-16-5-2-3-7-18(16)19/h2-13H,14H2,1H3,(H,23,28)/b22-13+. The molecule has 1 N–H and O–H groups in total. The van der Waals surface area contributed by atoms with Gasteiger partial charge in [-0.25, -0.2) is 5.43 Å². The molecule has 150 valence electrons. The number of carbonyl (C=O) groups is 1. The third kappa shape index (κ3) is 4.47. The number of hydrogen-bond acceptors (Lipinski definition) is 7. The van der Waals surface area contributed by atoms with Crippen LogP contribution < -0.4 is 10.2 Å². The molecule has 30 heavy (non-hydrogen) atoms. The summed E-state index contributed by atoms with van der Waals surface area (Å²) in [7, 11) is 1.61. The Morgan fingerprint density at radius 1 is 1.13 bits per heavy atom. The highest BCUT2D eigenvalue weighted by molar-refractivity contribution is 7.99. The van der Waals surface area contributed by atoms with Gasteiger partial charge in [0.2, 0.25) is 5.16 Å². The van der Waals surface area contributed by atoms with Crippen molar-refractivity contribution < 1.29 is 9.53 Å². The number of rotatable bonds is 7. The average Bonchev–Trinajstić information content (AvgIpc) is 3.26. The lowest BCUT2D eigenvalue weighted by atomic mass is 10.1. The minimum absolute atomic E-state index is 0.130. The molecule has 0 aliphatic carbocycles. The maximum absolute atomic E-state index is 12.1. The van der Waals surface area contributed by atoms with Gasteiger partial charge in [0.15, 0.2) is 0 Å². The normalized spacial score (nSPS) is 11.1. The largest absolute Gasteiger partial charge is 0.497 e. The highest BCUT2D eigenvalue weighted by Crippen LogP contribution is 2.25. The lowest BCUT2D eigenvalue weighted by Crippen LogP contribution is -2.20. The first-order chi connectivity index (χ1) is 14.7. The number of hydrogen-bond donors (Lipinski definition) is 1. The van der Waals surface area contributed by atoms with Gasteiger partial charge < -0.3 is 4.74 Å². The summed E-state index contributed by atoms with van der Waals surface area (Å²) in [5, 5.41) is 18.5. The van der Waals surface area contributed by atoms with Crippen molar-refractivity contribution in [3.8, 4) is 11.4 Å². The molecule has 1 aromatic heterocycles. The molecule has 0 fully saturated rings. The Bertz CT molecular complexity index is 1180. The van der Waals surface area contributed by atoms with E-state index in [1.165, 1.54) is 11.8 Å². The van der Waals surface area contributed by atoms with Crippen LogP contribution in [0.4, 0.5) is 0 Å². The zero-order valence-electron chi connectivity index (χ0n) is 16.1. The van der Waals surface area contributed by atoms with Crippen LogP contribution in [0.25, 0.3) is 16.5 Å². The quantitative estimate of drug-likeness (QED) is 0.282. The average molecular weight is 418 g/mol. The predicted molar refractivity (Wildman–Crippen MR) is 116 cm³/mol. The van der Waals surface area contributed by atoms with Crippen LogP contribution in [0, 0.1) is 0 Å². The van der Waals surface area contributed by atoms with E-state index in [9.17, 15) is 4.79 Å². The Labute approximate surface area is 176 Å². The van der Waals surface area contributed by atoms with Crippen LogP contribution in [0.15, 0.2) is 77.0 Å². The van der Waals surface area contributed by atoms with E-state index in [2.05, 4.69) is 26.1 Å². The minimum Gasteiger partial charge on any atom is -0.497 e. The highest BCUT2D eigenvalue weighted by atomic mass is 32.2. The molecule has 0 aliphatic heterocycles. The van der Waals surface area contributed by atoms with Gasteiger partial charge in [-0.05, 0) is 51.7 Å². The Balaban J connectivity index is 1.39. The van der Waals surface area contributed by atoms with Gasteiger partial charge in [-0.15, -0.1) is 5.10 Å². The number of aromatic nitrogens is 4. The predicted octanol–water partition coefficient (Wildman–Crippen LogP) is 3.07. The molecule has 4 aromatic rings. The number of tetrazole rings is 1. The number of hydrazone groups is 1. The van der Waals surface area contributed by atoms with E-state index in [1.54, 1.807) is 18.0 Å². The van der Waals surface area contributed by atoms with Gasteiger partial charge in [-0.1, -0.05) is 48.2 Å². The Kier molecular flexibility index (Phi) is 6.00. The number of amides is 1. The van der Waals surface area contributed by atoms with Crippen molar-refractivity contribution in [1.82, 2.24) is 25.6 Å². The maximum Gasteiger partial charge on any atom is 0.250 e. The molecule has 0 atom stereocenters. The Morgan fingerprint density at radius 3 is 2.77 bits per heavy atom. The first-order valence-electron chi connectivity index (χ1n) is 9.10. The number of fused-ring (bicyclic) bond motifs is 1. The molecule has 4 rings (SSSR count). The third-order valence-electron chi connectivity index (χ3n) is 4.29. The fraction of sp³-hybridized carbons (Fsp3) is 0.0952. The number of benzene rings is 3. The fourth-order valence-electron chi connectivity index (χ4n) is 2.84. The molecule has 0 radical (unpaired) electrons. The van der Waals surface area contributed by atoms with Crippen molar-refractivity contribution in [3.05, 3.63) is 72.3 Å². The van der Waals surface area contributed by atoms with Crippen LogP contribution >= 0.6 is 11.8 Å². The molecule has 8 nitrogen and oxygen atoms in total. The topological polar surface area (TPSA) is 94.3 Å². The summed E-state index contributed by atoms with van der Waals surface area (Å²) in [6.07, 6.45) is 1.57. The minimum atomic E-state index is -0.253. The van der Waals surface area contributed by atoms with Crippen LogP contribution in [0.5, 0.6) is 5.75 Å². The summed E-state index contributed by atoms with van der Waals surface area (Å²) in [5.74, 6) is 0.638. The molecule has 0 bridgehead atoms. The summed E-state index contributed by atoms with van der Waals surface area (Å²) in [6.45, 7) is 0. The van der Waals surface area contributed by atoms with Crippen LogP contribution in [-0.2, 0) is 4.79 Å². The van der Waals surface area contributed by atoms with E-state index in [-0.39, 0.29) is 11.7 Å². The van der Waals surface area contributed by atoms with Crippen molar-refractivity contribution in [3.63, 3.8) is 0 Å². The number of carbonyl (C=O) groups excluding carboxylic acids is 1. The summed E-state index contributed by atoms with van der Waals surface area (Å²) < 4.78 is 6.75. The van der Waals surface area contributed by atoms with Gasteiger partial charge in [0.25, 0.3) is 5.91 Å². The smallest absolute Gasteiger partial charge is 0.250 e. The summed E-state index contributed by atoms with van der Waals surface area (Å²) in [4.78, 5) is 12.1. The first-order valence-corrected chi connectivity index (χ1v) is 10.1. The molecule has 1 amide bonds. The van der Waals surface area contributed by atoms with E-state index in [4.69, 9.17) is 4.74 Å². The molecule has 3 aromatic carbocycles. The van der Waals surface area contributed by atoms with Crippen molar-refractivity contribution >= 4 is 34.7 Å². The lowest BCUT2D eigenvalue weighted by Gasteiger charge is -2.07. The van der Waals surface area contributed by atoms with Gasteiger partial charge in [-0.2, -0.15) is 9.78 Å². The number of nitrogens with zero attached hydrogens (tertiary/aromatic N) is 5. The third-order valence-corrected chi connectivity index (χ3v) is 5.21. The van der Waals surface area contributed by atoms with Gasteiger partial charge >= 0.3 is 0 Å². The number of methoxy groups -OCH3 is 1. The zero-order chi connectivity index (χ0) is 20.8. The summed E-state index contributed by atoms with van der Waals surface area (Å²) >= 11 is 1.24. The van der Waals surface area contributed by atoms with E-state index in [0.717, 1.165) is 27.8 Å². The SMILES string of the molecule is COc1ccc(/C=N/NC(=O)CSc2nnnn2-c2cccc3ccccc23)cc1. The van der Waals surface area contributed by atoms with Crippen LogP contribution in [-0.4, -0.2) is 45.2 Å². The Hall–Kier alpha value is -3.72. The molecule has 0 unspecified atom stereocenters. The van der Waals surface area contributed by atoms with E-state index < -0.39 is 0 Å². The van der Waals surface area contributed by atoms with Gasteiger partial charge in [0.05, 0.1) is 24.8 Å². The maximum atomic E-state index is 12.1. The van der Waals surface area contributed by atoms with E-state index >= 15 is 0 Å². The zero-order valence-corrected chi connectivity index (χ0v) is 16.9. The van der Waals surface area contributed by atoms with Gasteiger partial charge in [0.1, 0.15) is 5.75 Å². The molecule has 0 saturated carbocycles. The molecule has 1 heterocycles. The molecule has 0 saturated heterocycles. The number of thioether (sulfide) groups is 1. The van der Waals surface area contributed by atoms with E-state index in [0.29, 0.717) is 5.16 Å². The van der Waals surface area contributed by atoms with Crippen LogP contribution in [0.1, 0.15) is 5.56 Å². The lowest BCUT2D eigenvalue weighted by molar-refractivity contribution is -0.118. The van der Waals surface area contributed by atoms with Gasteiger partial charge in [-0.3, -0.25) is 4.79 Å². The molecular formula is C21H18N6O2S. The summed E-state index contributed by atoms with van der Waals surface area (Å²) in [5.41, 5.74) is 4.22. The van der Waals surface area contributed by atoms with Crippen molar-refractivity contribution in [1.29, 1.82) is 0 Å². The molecular weight excluding hydrogens is 400 g/mol. The fourth-order valence-corrected chi connectivity index (χ4v) is 3.52. The van der Waals surface area contributed by atoms with Crippen molar-refractivity contribution in [2.24, 2.45) is 5.10 Å². The highest BCUT2D eigenvalue weighted by Gasteiger charge is 2.13. The monoisotopic (exact) mass is 418 g/mol. The molecule has 0 spiro atoms. The number of ether oxygens (including phenoxy) is 1. The van der Waals surface area contributed by atoms with Crippen molar-refractivity contribution in [2.75, 3.05) is 12.9 Å². The van der Waals surface area contributed by atoms with Crippen LogP contribution in [0.2, 0.25) is 0 Å². The summed E-state index contributed by atoms with van der Waals surface area (Å²) in [6, 6.07) is 21.3. The van der Waals surface area contributed by atoms with E-state index in [1.807, 2.05) is 66.7 Å². The molecule has 0 aliphatic rings. The van der Waals surface area contributed by atoms with Crippen molar-refractivity contribution in [2.45, 2.75) is 5.16 Å². The van der Waals surface area contributed by atoms with Gasteiger partial charge in [0, 0.05) is 5.39 Å². The second-order valence-electron chi connectivity index (χ2n) is 6.23. The van der Waals surface area contributed by atoms with Crippen LogP contribution in [0.3, 0.4) is 0 Å². The number of nitrogens with one attached hydrogen (secondary N) is 1. The second-order valence-corrected chi connectivity index (χ2v) is 7.17. The first kappa shape index (κ1) is 19.6. The Morgan fingerprint density at radius 2 is 1.93 bits per heavy atom.